The van der Waals surface area contributed by atoms with Crippen molar-refractivity contribution in [1.82, 2.24) is 0 Å². The first kappa shape index (κ1) is 14.8. The minimum atomic E-state index is -1.05. The van der Waals surface area contributed by atoms with Gasteiger partial charge in [0.15, 0.2) is 0 Å². The third kappa shape index (κ3) is 3.95. The summed E-state index contributed by atoms with van der Waals surface area (Å²) in [7, 11) is 0. The lowest BCUT2D eigenvalue weighted by Crippen LogP contribution is -2.18. The Labute approximate surface area is 122 Å². The summed E-state index contributed by atoms with van der Waals surface area (Å²) in [6, 6.07) is 11.2. The first-order chi connectivity index (χ1) is 9.95. The van der Waals surface area contributed by atoms with Gasteiger partial charge < -0.3 is 16.2 Å². The highest BCUT2D eigenvalue weighted by Gasteiger charge is 2.10. The van der Waals surface area contributed by atoms with Crippen molar-refractivity contribution in [3.05, 3.63) is 59.4 Å². The number of hydrogen-bond acceptors (Lipinski definition) is 3. The molecule has 0 aliphatic carbocycles. The minimum absolute atomic E-state index is 0.0701. The highest BCUT2D eigenvalue weighted by Crippen LogP contribution is 2.19. The molecule has 0 heterocycles. The Morgan fingerprint density at radius 3 is 2.57 bits per heavy atom. The smallest absolute Gasteiger partial charge is 0.337 e. The highest BCUT2D eigenvalue weighted by atomic mass is 19.1. The van der Waals surface area contributed by atoms with Crippen LogP contribution in [0.1, 0.15) is 22.8 Å². The second-order valence-corrected chi connectivity index (χ2v) is 4.98. The van der Waals surface area contributed by atoms with Gasteiger partial charge in [0.25, 0.3) is 0 Å². The number of nitrogens with two attached hydrogens (primary N) is 1. The normalized spacial score (nSPS) is 11.9. The number of rotatable bonds is 5. The lowest BCUT2D eigenvalue weighted by molar-refractivity contribution is 0.0698. The fourth-order valence-corrected chi connectivity index (χ4v) is 2.14. The Balaban J connectivity index is 2.05. The molecule has 0 fully saturated rings. The molecule has 0 amide bonds. The number of nitrogen functional groups attached to an aromatic ring is 1. The lowest BCUT2D eigenvalue weighted by Gasteiger charge is -2.16. The Morgan fingerprint density at radius 2 is 1.95 bits per heavy atom. The molecule has 4 N–H and O–H groups in total. The van der Waals surface area contributed by atoms with Crippen molar-refractivity contribution in [2.45, 2.75) is 19.4 Å². The molecule has 110 valence electrons. The van der Waals surface area contributed by atoms with Crippen molar-refractivity contribution < 1.29 is 14.3 Å². The zero-order chi connectivity index (χ0) is 15.4. The predicted molar refractivity (Wildman–Crippen MR) is 81.0 cm³/mol. The van der Waals surface area contributed by atoms with Crippen LogP contribution in [0.5, 0.6) is 0 Å². The number of nitrogens with one attached hydrogen (secondary N) is 1. The van der Waals surface area contributed by atoms with Crippen molar-refractivity contribution in [3.8, 4) is 0 Å². The van der Waals surface area contributed by atoms with Gasteiger partial charge in [0.1, 0.15) is 5.82 Å². The largest absolute Gasteiger partial charge is 0.478 e. The monoisotopic (exact) mass is 288 g/mol. The van der Waals surface area contributed by atoms with E-state index in [0.29, 0.717) is 12.1 Å². The van der Waals surface area contributed by atoms with E-state index in [4.69, 9.17) is 10.8 Å². The first-order valence-electron chi connectivity index (χ1n) is 6.59. The summed E-state index contributed by atoms with van der Waals surface area (Å²) in [5.74, 6) is -1.31. The Hall–Kier alpha value is -2.56. The van der Waals surface area contributed by atoms with Gasteiger partial charge in [-0.1, -0.05) is 12.1 Å². The second-order valence-electron chi connectivity index (χ2n) is 4.98. The van der Waals surface area contributed by atoms with Crippen molar-refractivity contribution in [2.75, 3.05) is 11.1 Å². The van der Waals surface area contributed by atoms with E-state index in [0.717, 1.165) is 5.56 Å². The van der Waals surface area contributed by atoms with Crippen LogP contribution in [-0.4, -0.2) is 17.1 Å². The number of benzene rings is 2. The number of aromatic carboxylic acids is 1. The molecule has 0 spiro atoms. The molecular weight excluding hydrogens is 271 g/mol. The standard InChI is InChI=1S/C16H17FN2O2/c1-10(8-11-2-4-12(17)5-3-11)19-13-6-7-15(18)14(9-13)16(20)21/h2-7,9-10,19H,8,18H2,1H3,(H,20,21). The van der Waals surface area contributed by atoms with Crippen LogP contribution in [0, 0.1) is 5.82 Å². The summed E-state index contributed by atoms with van der Waals surface area (Å²) in [6.45, 7) is 1.97. The van der Waals surface area contributed by atoms with Crippen LogP contribution in [0.4, 0.5) is 15.8 Å². The fourth-order valence-electron chi connectivity index (χ4n) is 2.14. The summed E-state index contributed by atoms with van der Waals surface area (Å²) >= 11 is 0. The van der Waals surface area contributed by atoms with Gasteiger partial charge in [0, 0.05) is 17.4 Å². The minimum Gasteiger partial charge on any atom is -0.478 e. The van der Waals surface area contributed by atoms with E-state index in [9.17, 15) is 9.18 Å². The maximum absolute atomic E-state index is 12.8. The molecule has 5 heteroatoms. The number of anilines is 2. The van der Waals surface area contributed by atoms with Gasteiger partial charge in [0.2, 0.25) is 0 Å². The van der Waals surface area contributed by atoms with E-state index in [-0.39, 0.29) is 23.1 Å². The molecule has 2 aromatic rings. The molecule has 1 atom stereocenters. The number of halogens is 1. The summed E-state index contributed by atoms with van der Waals surface area (Å²) in [4.78, 5) is 11.0. The van der Waals surface area contributed by atoms with Crippen molar-refractivity contribution in [1.29, 1.82) is 0 Å². The average molecular weight is 288 g/mol. The van der Waals surface area contributed by atoms with Crippen LogP contribution in [0.15, 0.2) is 42.5 Å². The van der Waals surface area contributed by atoms with Gasteiger partial charge in [-0.25, -0.2) is 9.18 Å². The summed E-state index contributed by atoms with van der Waals surface area (Å²) in [5.41, 5.74) is 7.62. The zero-order valence-electron chi connectivity index (χ0n) is 11.6. The number of carboxylic acid groups (broad SMARTS) is 1. The average Bonchev–Trinajstić information content (AvgIpc) is 2.43. The third-order valence-corrected chi connectivity index (χ3v) is 3.15. The van der Waals surface area contributed by atoms with Gasteiger partial charge >= 0.3 is 5.97 Å². The number of hydrogen-bond donors (Lipinski definition) is 3. The number of carbonyl (C=O) groups is 1. The van der Waals surface area contributed by atoms with Crippen molar-refractivity contribution >= 4 is 17.3 Å². The van der Waals surface area contributed by atoms with E-state index in [1.165, 1.54) is 18.2 Å². The molecule has 0 saturated carbocycles. The molecule has 0 bridgehead atoms. The Kier molecular flexibility index (Phi) is 4.42. The molecule has 2 rings (SSSR count). The molecule has 4 nitrogen and oxygen atoms in total. The van der Waals surface area contributed by atoms with Gasteiger partial charge in [-0.05, 0) is 49.2 Å². The summed E-state index contributed by atoms with van der Waals surface area (Å²) in [6.07, 6.45) is 0.701. The van der Waals surface area contributed by atoms with Crippen LogP contribution in [-0.2, 0) is 6.42 Å². The van der Waals surface area contributed by atoms with E-state index >= 15 is 0 Å². The molecule has 21 heavy (non-hydrogen) atoms. The summed E-state index contributed by atoms with van der Waals surface area (Å²) < 4.78 is 12.8. The van der Waals surface area contributed by atoms with Gasteiger partial charge in [-0.3, -0.25) is 0 Å². The molecule has 0 radical (unpaired) electrons. The second kappa shape index (κ2) is 6.26. The molecule has 0 saturated heterocycles. The maximum Gasteiger partial charge on any atom is 0.337 e. The summed E-state index contributed by atoms with van der Waals surface area (Å²) in [5, 5.41) is 12.3. The maximum atomic E-state index is 12.8. The van der Waals surface area contributed by atoms with Gasteiger partial charge in [0.05, 0.1) is 5.56 Å². The van der Waals surface area contributed by atoms with E-state index in [1.54, 1.807) is 24.3 Å². The number of carboxylic acids is 1. The molecule has 0 aliphatic rings. The van der Waals surface area contributed by atoms with Gasteiger partial charge in [-0.2, -0.15) is 0 Å². The highest BCUT2D eigenvalue weighted by molar-refractivity contribution is 5.94. The Bertz CT molecular complexity index is 641. The SMILES string of the molecule is CC(Cc1ccc(F)cc1)Nc1ccc(N)c(C(=O)O)c1. The van der Waals surface area contributed by atoms with E-state index < -0.39 is 5.97 Å². The molecular formula is C16H17FN2O2. The van der Waals surface area contributed by atoms with Crippen molar-refractivity contribution in [3.63, 3.8) is 0 Å². The molecule has 2 aromatic carbocycles. The zero-order valence-corrected chi connectivity index (χ0v) is 11.6. The Morgan fingerprint density at radius 1 is 1.29 bits per heavy atom. The van der Waals surface area contributed by atoms with Crippen LogP contribution in [0.25, 0.3) is 0 Å². The van der Waals surface area contributed by atoms with Crippen LogP contribution in [0.3, 0.4) is 0 Å². The topological polar surface area (TPSA) is 75.3 Å². The van der Waals surface area contributed by atoms with Crippen molar-refractivity contribution in [2.24, 2.45) is 0 Å². The quantitative estimate of drug-likeness (QED) is 0.739. The molecule has 0 aromatic heterocycles. The fraction of sp³-hybridized carbons (Fsp3) is 0.188. The lowest BCUT2D eigenvalue weighted by atomic mass is 10.1. The van der Waals surface area contributed by atoms with Crippen LogP contribution < -0.4 is 11.1 Å². The van der Waals surface area contributed by atoms with Gasteiger partial charge in [-0.15, -0.1) is 0 Å². The van der Waals surface area contributed by atoms with Crippen LogP contribution in [0.2, 0.25) is 0 Å². The molecule has 0 aliphatic heterocycles. The van der Waals surface area contributed by atoms with E-state index in [2.05, 4.69) is 5.32 Å². The predicted octanol–water partition coefficient (Wildman–Crippen LogP) is 3.15. The van der Waals surface area contributed by atoms with E-state index in [1.807, 2.05) is 6.92 Å². The molecule has 1 unspecified atom stereocenters. The van der Waals surface area contributed by atoms with Crippen LogP contribution >= 0.6 is 0 Å². The first-order valence-corrected chi connectivity index (χ1v) is 6.59. The third-order valence-electron chi connectivity index (χ3n) is 3.15.